The van der Waals surface area contributed by atoms with Crippen LogP contribution in [0.4, 0.5) is 0 Å². The number of halogens is 1. The minimum atomic E-state index is -0.168. The van der Waals surface area contributed by atoms with Crippen molar-refractivity contribution in [1.29, 1.82) is 0 Å². The van der Waals surface area contributed by atoms with Gasteiger partial charge in [-0.25, -0.2) is 4.98 Å². The molecule has 0 saturated carbocycles. The Kier molecular flexibility index (Phi) is 6.65. The van der Waals surface area contributed by atoms with Crippen LogP contribution in [0.1, 0.15) is 25.0 Å². The average Bonchev–Trinajstić information content (AvgIpc) is 2.70. The summed E-state index contributed by atoms with van der Waals surface area (Å²) in [6.45, 7) is 9.21. The minimum Gasteiger partial charge on any atom is -0.343 e. The van der Waals surface area contributed by atoms with E-state index >= 15 is 0 Å². The van der Waals surface area contributed by atoms with E-state index in [9.17, 15) is 9.59 Å². The lowest BCUT2D eigenvalue weighted by atomic mass is 10.1. The number of rotatable bonds is 6. The quantitative estimate of drug-likeness (QED) is 0.424. The normalized spacial score (nSPS) is 11.1. The summed E-state index contributed by atoms with van der Waals surface area (Å²) in [5.74, 6) is 0.235. The van der Waals surface area contributed by atoms with Crippen LogP contribution >= 0.6 is 23.4 Å². The van der Waals surface area contributed by atoms with Crippen LogP contribution in [-0.2, 0) is 4.79 Å². The zero-order valence-electron chi connectivity index (χ0n) is 17.0. The molecule has 0 fully saturated rings. The van der Waals surface area contributed by atoms with Crippen molar-refractivity contribution in [1.82, 2.24) is 14.5 Å². The number of amides is 1. The highest BCUT2D eigenvalue weighted by molar-refractivity contribution is 7.99. The summed E-state index contributed by atoms with van der Waals surface area (Å²) in [5, 5.41) is 1.50. The summed E-state index contributed by atoms with van der Waals surface area (Å²) in [4.78, 5) is 32.4. The molecule has 0 bridgehead atoms. The number of thioether (sulfide) groups is 1. The van der Waals surface area contributed by atoms with E-state index in [0.717, 1.165) is 16.8 Å². The second kappa shape index (κ2) is 9.01. The molecule has 0 radical (unpaired) electrons. The predicted molar refractivity (Wildman–Crippen MR) is 120 cm³/mol. The molecule has 3 aromatic rings. The van der Waals surface area contributed by atoms with Gasteiger partial charge in [-0.05, 0) is 63.1 Å². The van der Waals surface area contributed by atoms with Gasteiger partial charge in [0, 0.05) is 18.1 Å². The molecule has 0 N–H and O–H groups in total. The first-order valence-electron chi connectivity index (χ1n) is 9.56. The van der Waals surface area contributed by atoms with Crippen LogP contribution in [0.2, 0.25) is 5.02 Å². The molecule has 0 aliphatic heterocycles. The maximum atomic E-state index is 13.4. The number of fused-ring (bicyclic) bond motifs is 1. The third-order valence-corrected chi connectivity index (χ3v) is 6.22. The van der Waals surface area contributed by atoms with Gasteiger partial charge >= 0.3 is 0 Å². The summed E-state index contributed by atoms with van der Waals surface area (Å²) in [5.41, 5.74) is 3.22. The summed E-state index contributed by atoms with van der Waals surface area (Å²) >= 11 is 7.39. The highest BCUT2D eigenvalue weighted by atomic mass is 35.5. The second-order valence-electron chi connectivity index (χ2n) is 6.77. The fourth-order valence-electron chi connectivity index (χ4n) is 3.22. The smallest absolute Gasteiger partial charge is 0.266 e. The lowest BCUT2D eigenvalue weighted by Crippen LogP contribution is -2.32. The molecule has 1 amide bonds. The Morgan fingerprint density at radius 1 is 1.17 bits per heavy atom. The number of carbonyl (C=O) groups excluding carboxylic acids is 1. The predicted octanol–water partition coefficient (Wildman–Crippen LogP) is 4.62. The number of aromatic nitrogens is 2. The number of hydrogen-bond donors (Lipinski definition) is 0. The molecular formula is C22H24ClN3O2S. The van der Waals surface area contributed by atoms with Crippen LogP contribution < -0.4 is 5.56 Å². The Bertz CT molecular complexity index is 1120. The second-order valence-corrected chi connectivity index (χ2v) is 8.15. The van der Waals surface area contributed by atoms with Crippen LogP contribution in [0, 0.1) is 13.8 Å². The molecule has 0 atom stereocenters. The third kappa shape index (κ3) is 4.33. The molecule has 0 aliphatic carbocycles. The first kappa shape index (κ1) is 21.4. The molecule has 0 saturated heterocycles. The van der Waals surface area contributed by atoms with Crippen LogP contribution in [0.5, 0.6) is 0 Å². The van der Waals surface area contributed by atoms with Gasteiger partial charge in [0.2, 0.25) is 5.91 Å². The van der Waals surface area contributed by atoms with Gasteiger partial charge in [0.1, 0.15) is 0 Å². The summed E-state index contributed by atoms with van der Waals surface area (Å²) in [7, 11) is 0. The molecule has 1 aromatic heterocycles. The van der Waals surface area contributed by atoms with E-state index in [1.807, 2.05) is 45.9 Å². The van der Waals surface area contributed by atoms with Crippen molar-refractivity contribution in [2.75, 3.05) is 18.8 Å². The monoisotopic (exact) mass is 429 g/mol. The topological polar surface area (TPSA) is 55.2 Å². The van der Waals surface area contributed by atoms with Gasteiger partial charge in [-0.1, -0.05) is 35.5 Å². The maximum absolute atomic E-state index is 13.4. The zero-order chi connectivity index (χ0) is 21.1. The van der Waals surface area contributed by atoms with E-state index in [1.165, 1.54) is 11.8 Å². The number of benzene rings is 2. The molecule has 0 unspecified atom stereocenters. The molecule has 29 heavy (non-hydrogen) atoms. The summed E-state index contributed by atoms with van der Waals surface area (Å²) < 4.78 is 1.61. The number of aryl methyl sites for hydroxylation is 1. The Hall–Kier alpha value is -2.31. The number of nitrogens with zero attached hydrogens (tertiary/aromatic N) is 3. The standard InChI is InChI=1S/C22H24ClN3O2S/c1-5-25(6-2)20(27)13-29-22-24-18-12-16(23)10-11-17(18)21(28)26(22)19-9-7-8-14(3)15(19)4/h7-12H,5-6,13H2,1-4H3. The Labute approximate surface area is 179 Å². The average molecular weight is 430 g/mol. The molecular weight excluding hydrogens is 406 g/mol. The van der Waals surface area contributed by atoms with Crippen molar-refractivity contribution in [3.63, 3.8) is 0 Å². The van der Waals surface area contributed by atoms with E-state index in [0.29, 0.717) is 34.2 Å². The van der Waals surface area contributed by atoms with E-state index in [4.69, 9.17) is 16.6 Å². The molecule has 2 aromatic carbocycles. The Balaban J connectivity index is 2.17. The van der Waals surface area contributed by atoms with Gasteiger partial charge in [-0.15, -0.1) is 0 Å². The van der Waals surface area contributed by atoms with Gasteiger partial charge in [-0.3, -0.25) is 14.2 Å². The van der Waals surface area contributed by atoms with E-state index in [1.54, 1.807) is 27.7 Å². The van der Waals surface area contributed by atoms with Gasteiger partial charge in [-0.2, -0.15) is 0 Å². The highest BCUT2D eigenvalue weighted by Crippen LogP contribution is 2.25. The number of carbonyl (C=O) groups is 1. The molecule has 1 heterocycles. The fraction of sp³-hybridized carbons (Fsp3) is 0.318. The molecule has 5 nitrogen and oxygen atoms in total. The lowest BCUT2D eigenvalue weighted by molar-refractivity contribution is -0.127. The van der Waals surface area contributed by atoms with Gasteiger partial charge in [0.05, 0.1) is 22.3 Å². The zero-order valence-corrected chi connectivity index (χ0v) is 18.6. The Morgan fingerprint density at radius 3 is 2.59 bits per heavy atom. The molecule has 3 rings (SSSR count). The highest BCUT2D eigenvalue weighted by Gasteiger charge is 2.18. The van der Waals surface area contributed by atoms with Crippen LogP contribution in [0.3, 0.4) is 0 Å². The molecule has 7 heteroatoms. The fourth-order valence-corrected chi connectivity index (χ4v) is 4.29. The van der Waals surface area contributed by atoms with Gasteiger partial charge in [0.25, 0.3) is 5.56 Å². The van der Waals surface area contributed by atoms with Gasteiger partial charge in [0.15, 0.2) is 5.16 Å². The molecule has 152 valence electrons. The number of hydrogen-bond acceptors (Lipinski definition) is 4. The maximum Gasteiger partial charge on any atom is 0.266 e. The van der Waals surface area contributed by atoms with Crippen molar-refractivity contribution in [3.05, 3.63) is 62.9 Å². The van der Waals surface area contributed by atoms with E-state index < -0.39 is 0 Å². The minimum absolute atomic E-state index is 0.0213. The SMILES string of the molecule is CCN(CC)C(=O)CSc1nc2cc(Cl)ccc2c(=O)n1-c1cccc(C)c1C. The third-order valence-electron chi connectivity index (χ3n) is 5.06. The van der Waals surface area contributed by atoms with E-state index in [-0.39, 0.29) is 17.2 Å². The van der Waals surface area contributed by atoms with Crippen molar-refractivity contribution < 1.29 is 4.79 Å². The molecule has 0 spiro atoms. The van der Waals surface area contributed by atoms with Crippen LogP contribution in [0.25, 0.3) is 16.6 Å². The van der Waals surface area contributed by atoms with Crippen molar-refractivity contribution in [2.45, 2.75) is 32.9 Å². The summed E-state index contributed by atoms with van der Waals surface area (Å²) in [6, 6.07) is 10.9. The lowest BCUT2D eigenvalue weighted by Gasteiger charge is -2.19. The molecule has 0 aliphatic rings. The Morgan fingerprint density at radius 2 is 1.90 bits per heavy atom. The largest absolute Gasteiger partial charge is 0.343 e. The van der Waals surface area contributed by atoms with Crippen molar-refractivity contribution in [2.24, 2.45) is 0 Å². The first-order valence-corrected chi connectivity index (χ1v) is 10.9. The first-order chi connectivity index (χ1) is 13.9. The van der Waals surface area contributed by atoms with Crippen molar-refractivity contribution in [3.8, 4) is 5.69 Å². The summed E-state index contributed by atoms with van der Waals surface area (Å²) in [6.07, 6.45) is 0. The van der Waals surface area contributed by atoms with Crippen molar-refractivity contribution >= 4 is 40.2 Å². The van der Waals surface area contributed by atoms with Crippen LogP contribution in [-0.4, -0.2) is 39.2 Å². The van der Waals surface area contributed by atoms with E-state index in [2.05, 4.69) is 0 Å². The van der Waals surface area contributed by atoms with Gasteiger partial charge < -0.3 is 4.90 Å². The van der Waals surface area contributed by atoms with Crippen LogP contribution in [0.15, 0.2) is 46.3 Å².